The van der Waals surface area contributed by atoms with E-state index in [-0.39, 0.29) is 24.1 Å². The summed E-state index contributed by atoms with van der Waals surface area (Å²) >= 11 is 3.33. The molecule has 22 heavy (non-hydrogen) atoms. The van der Waals surface area contributed by atoms with Crippen LogP contribution in [0.5, 0.6) is 0 Å². The third-order valence-electron chi connectivity index (χ3n) is 3.85. The minimum atomic E-state index is -0.441. The zero-order valence-electron chi connectivity index (χ0n) is 12.5. The Labute approximate surface area is 138 Å². The average molecular weight is 370 g/mol. The SMILES string of the molecule is CCCN(C(=O)Cc1ccc([N+](=O)[O-])cc1Br)C1CCNC1. The molecular weight excluding hydrogens is 350 g/mol. The molecule has 0 aliphatic carbocycles. The number of carbonyl (C=O) groups is 1. The van der Waals surface area contributed by atoms with Gasteiger partial charge in [0.2, 0.25) is 5.91 Å². The maximum Gasteiger partial charge on any atom is 0.270 e. The third kappa shape index (κ3) is 4.04. The highest BCUT2D eigenvalue weighted by Crippen LogP contribution is 2.24. The van der Waals surface area contributed by atoms with Crippen molar-refractivity contribution in [2.45, 2.75) is 32.2 Å². The van der Waals surface area contributed by atoms with E-state index in [1.54, 1.807) is 6.07 Å². The van der Waals surface area contributed by atoms with E-state index in [9.17, 15) is 14.9 Å². The van der Waals surface area contributed by atoms with Gasteiger partial charge in [-0.15, -0.1) is 0 Å². The van der Waals surface area contributed by atoms with E-state index in [2.05, 4.69) is 28.2 Å². The largest absolute Gasteiger partial charge is 0.338 e. The Morgan fingerprint density at radius 1 is 1.55 bits per heavy atom. The fourth-order valence-electron chi connectivity index (χ4n) is 2.71. The molecule has 1 aromatic carbocycles. The number of carbonyl (C=O) groups excluding carboxylic acids is 1. The summed E-state index contributed by atoms with van der Waals surface area (Å²) in [7, 11) is 0. The molecule has 1 unspecified atom stereocenters. The van der Waals surface area contributed by atoms with Crippen molar-refractivity contribution >= 4 is 27.5 Å². The minimum absolute atomic E-state index is 0.0217. The van der Waals surface area contributed by atoms with E-state index in [1.165, 1.54) is 12.1 Å². The lowest BCUT2D eigenvalue weighted by Gasteiger charge is -2.28. The monoisotopic (exact) mass is 369 g/mol. The minimum Gasteiger partial charge on any atom is -0.338 e. The molecule has 1 aromatic rings. The van der Waals surface area contributed by atoms with Crippen molar-refractivity contribution in [3.8, 4) is 0 Å². The van der Waals surface area contributed by atoms with Crippen LogP contribution in [0.25, 0.3) is 0 Å². The Bertz CT molecular complexity index is 559. The molecule has 120 valence electrons. The molecule has 1 fully saturated rings. The van der Waals surface area contributed by atoms with Crippen molar-refractivity contribution in [1.82, 2.24) is 10.2 Å². The Kier molecular flexibility index (Phi) is 5.90. The normalized spacial score (nSPS) is 17.5. The molecule has 0 aromatic heterocycles. The maximum absolute atomic E-state index is 12.6. The highest BCUT2D eigenvalue weighted by atomic mass is 79.9. The van der Waals surface area contributed by atoms with Gasteiger partial charge in [-0.2, -0.15) is 0 Å². The van der Waals surface area contributed by atoms with Crippen molar-refractivity contribution in [2.24, 2.45) is 0 Å². The molecule has 7 heteroatoms. The summed E-state index contributed by atoms with van der Waals surface area (Å²) < 4.78 is 0.607. The molecule has 1 atom stereocenters. The van der Waals surface area contributed by atoms with Crippen LogP contribution >= 0.6 is 15.9 Å². The Morgan fingerprint density at radius 3 is 2.86 bits per heavy atom. The topological polar surface area (TPSA) is 75.5 Å². The second-order valence-electron chi connectivity index (χ2n) is 5.44. The van der Waals surface area contributed by atoms with E-state index < -0.39 is 4.92 Å². The third-order valence-corrected chi connectivity index (χ3v) is 4.59. The molecule has 0 radical (unpaired) electrons. The summed E-state index contributed by atoms with van der Waals surface area (Å²) in [5.41, 5.74) is 0.802. The van der Waals surface area contributed by atoms with E-state index in [1.807, 2.05) is 4.90 Å². The van der Waals surface area contributed by atoms with Crippen LogP contribution in [0.4, 0.5) is 5.69 Å². The lowest BCUT2D eigenvalue weighted by molar-refractivity contribution is -0.384. The van der Waals surface area contributed by atoms with Gasteiger partial charge in [-0.1, -0.05) is 28.9 Å². The van der Waals surface area contributed by atoms with Gasteiger partial charge in [0.15, 0.2) is 0 Å². The fourth-order valence-corrected chi connectivity index (χ4v) is 3.22. The first-order valence-corrected chi connectivity index (χ1v) is 8.25. The van der Waals surface area contributed by atoms with Gasteiger partial charge in [0.05, 0.1) is 11.3 Å². The lowest BCUT2D eigenvalue weighted by atomic mass is 10.1. The predicted molar refractivity (Wildman–Crippen MR) is 87.8 cm³/mol. The summed E-state index contributed by atoms with van der Waals surface area (Å²) in [6.07, 6.45) is 2.16. The van der Waals surface area contributed by atoms with Crippen molar-refractivity contribution in [2.75, 3.05) is 19.6 Å². The van der Waals surface area contributed by atoms with Gasteiger partial charge < -0.3 is 10.2 Å². The summed E-state index contributed by atoms with van der Waals surface area (Å²) in [5.74, 6) is 0.0742. The van der Waals surface area contributed by atoms with Crippen LogP contribution in [0.15, 0.2) is 22.7 Å². The van der Waals surface area contributed by atoms with Gasteiger partial charge in [0, 0.05) is 35.7 Å². The molecule has 2 rings (SSSR count). The molecule has 0 saturated carbocycles. The number of nitrogens with one attached hydrogen (secondary N) is 1. The Morgan fingerprint density at radius 2 is 2.32 bits per heavy atom. The molecule has 0 bridgehead atoms. The number of nitro groups is 1. The average Bonchev–Trinajstić information content (AvgIpc) is 3.00. The molecule has 1 aliphatic rings. The van der Waals surface area contributed by atoms with E-state index in [0.29, 0.717) is 4.47 Å². The van der Waals surface area contributed by atoms with Gasteiger partial charge in [-0.3, -0.25) is 14.9 Å². The summed E-state index contributed by atoms with van der Waals surface area (Å²) in [6.45, 7) is 4.59. The number of hydrogen-bond acceptors (Lipinski definition) is 4. The first kappa shape index (κ1) is 16.9. The number of halogens is 1. The van der Waals surface area contributed by atoms with Gasteiger partial charge in [0.25, 0.3) is 5.69 Å². The van der Waals surface area contributed by atoms with E-state index >= 15 is 0 Å². The summed E-state index contributed by atoms with van der Waals surface area (Å²) in [6, 6.07) is 4.79. The van der Waals surface area contributed by atoms with Gasteiger partial charge >= 0.3 is 0 Å². The fraction of sp³-hybridized carbons (Fsp3) is 0.533. The summed E-state index contributed by atoms with van der Waals surface area (Å²) in [5, 5.41) is 14.0. The molecule has 1 saturated heterocycles. The summed E-state index contributed by atoms with van der Waals surface area (Å²) in [4.78, 5) is 24.9. The van der Waals surface area contributed by atoms with Crippen molar-refractivity contribution < 1.29 is 9.72 Å². The molecule has 1 amide bonds. The van der Waals surface area contributed by atoms with E-state index in [0.717, 1.165) is 38.0 Å². The van der Waals surface area contributed by atoms with Gasteiger partial charge in [0.1, 0.15) is 0 Å². The molecular formula is C15H20BrN3O3. The van der Waals surface area contributed by atoms with Crippen molar-refractivity contribution in [3.05, 3.63) is 38.3 Å². The van der Waals surface area contributed by atoms with Crippen LogP contribution < -0.4 is 5.32 Å². The second-order valence-corrected chi connectivity index (χ2v) is 6.30. The highest BCUT2D eigenvalue weighted by molar-refractivity contribution is 9.10. The first-order chi connectivity index (χ1) is 10.5. The quantitative estimate of drug-likeness (QED) is 0.617. The maximum atomic E-state index is 12.6. The molecule has 1 aliphatic heterocycles. The number of non-ortho nitro benzene ring substituents is 1. The smallest absolute Gasteiger partial charge is 0.270 e. The van der Waals surface area contributed by atoms with Crippen molar-refractivity contribution in [1.29, 1.82) is 0 Å². The zero-order chi connectivity index (χ0) is 16.1. The van der Waals surface area contributed by atoms with Crippen LogP contribution in [0.3, 0.4) is 0 Å². The highest BCUT2D eigenvalue weighted by Gasteiger charge is 2.26. The van der Waals surface area contributed by atoms with Crippen LogP contribution in [0, 0.1) is 10.1 Å². The molecule has 1 heterocycles. The Balaban J connectivity index is 2.10. The van der Waals surface area contributed by atoms with Crippen LogP contribution in [0.2, 0.25) is 0 Å². The molecule has 1 N–H and O–H groups in total. The molecule has 6 nitrogen and oxygen atoms in total. The van der Waals surface area contributed by atoms with Crippen LogP contribution in [-0.4, -0.2) is 41.4 Å². The predicted octanol–water partition coefficient (Wildman–Crippen LogP) is 2.50. The molecule has 0 spiro atoms. The standard InChI is InChI=1S/C15H20BrN3O3/c1-2-7-18(13-5-6-17-10-13)15(20)8-11-3-4-12(19(21)22)9-14(11)16/h3-4,9,13,17H,2,5-8,10H2,1H3. The number of rotatable bonds is 6. The number of hydrogen-bond donors (Lipinski definition) is 1. The lowest BCUT2D eigenvalue weighted by Crippen LogP contribution is -2.42. The Hall–Kier alpha value is -1.47. The zero-order valence-corrected chi connectivity index (χ0v) is 14.1. The van der Waals surface area contributed by atoms with Gasteiger partial charge in [-0.05, 0) is 24.9 Å². The van der Waals surface area contributed by atoms with E-state index in [4.69, 9.17) is 0 Å². The van der Waals surface area contributed by atoms with Crippen LogP contribution in [0.1, 0.15) is 25.3 Å². The van der Waals surface area contributed by atoms with Gasteiger partial charge in [-0.25, -0.2) is 0 Å². The second kappa shape index (κ2) is 7.69. The van der Waals surface area contributed by atoms with Crippen LogP contribution in [-0.2, 0) is 11.2 Å². The number of nitro benzene ring substituents is 1. The number of benzene rings is 1. The number of nitrogens with zero attached hydrogens (tertiary/aromatic N) is 2. The van der Waals surface area contributed by atoms with Crippen molar-refractivity contribution in [3.63, 3.8) is 0 Å². The number of amides is 1. The first-order valence-electron chi connectivity index (χ1n) is 7.46.